The van der Waals surface area contributed by atoms with E-state index in [1.54, 1.807) is 12.1 Å². The highest BCUT2D eigenvalue weighted by Crippen LogP contribution is 2.35. The first-order valence-electron chi connectivity index (χ1n) is 11.7. The van der Waals surface area contributed by atoms with Crippen LogP contribution in [0.5, 0.6) is 17.2 Å². The number of hydrogen-bond donors (Lipinski definition) is 1. The average Bonchev–Trinajstić information content (AvgIpc) is 2.88. The number of nitriles is 1. The molecule has 0 spiro atoms. The minimum atomic E-state index is 0.0723. The van der Waals surface area contributed by atoms with Gasteiger partial charge in [-0.25, -0.2) is 0 Å². The lowest BCUT2D eigenvalue weighted by Gasteiger charge is -2.32. The standard InChI is InChI=1S/C26H29Cl2N5O3/c1-32-7-9-33(10-8-32)6-3-11-35-19-4-5-20-23(12-19)30-16-18(15-29)26(20)36-17-31-24-14-25(34-2)22(28)13-21(24)27/h4-5,12-14,16,31H,3,6-11,17H2,1-2H3. The van der Waals surface area contributed by atoms with Gasteiger partial charge in [0.25, 0.3) is 0 Å². The summed E-state index contributed by atoms with van der Waals surface area (Å²) in [5, 5.41) is 14.3. The molecule has 0 aliphatic carbocycles. The molecular formula is C26H29Cl2N5O3. The molecule has 0 amide bonds. The summed E-state index contributed by atoms with van der Waals surface area (Å²) < 4.78 is 17.2. The van der Waals surface area contributed by atoms with Gasteiger partial charge in [0, 0.05) is 56.4 Å². The second-order valence-electron chi connectivity index (χ2n) is 8.57. The lowest BCUT2D eigenvalue weighted by atomic mass is 10.1. The fourth-order valence-corrected chi connectivity index (χ4v) is 4.56. The molecule has 1 aliphatic rings. The maximum Gasteiger partial charge on any atom is 0.159 e. The summed E-state index contributed by atoms with van der Waals surface area (Å²) in [4.78, 5) is 9.25. The molecule has 2 aromatic carbocycles. The Morgan fingerprint density at radius 2 is 1.89 bits per heavy atom. The van der Waals surface area contributed by atoms with Crippen molar-refractivity contribution in [2.24, 2.45) is 0 Å². The van der Waals surface area contributed by atoms with Crippen molar-refractivity contribution in [1.82, 2.24) is 14.8 Å². The van der Waals surface area contributed by atoms with Gasteiger partial charge in [-0.15, -0.1) is 0 Å². The third kappa shape index (κ3) is 6.42. The second kappa shape index (κ2) is 12.3. The molecule has 1 saturated heterocycles. The molecule has 1 aromatic heterocycles. The number of anilines is 1. The van der Waals surface area contributed by atoms with Gasteiger partial charge >= 0.3 is 0 Å². The summed E-state index contributed by atoms with van der Waals surface area (Å²) in [6.07, 6.45) is 2.47. The van der Waals surface area contributed by atoms with Crippen molar-refractivity contribution < 1.29 is 14.2 Å². The number of ether oxygens (including phenoxy) is 3. The molecule has 3 aromatic rings. The number of methoxy groups -OCH3 is 1. The van der Waals surface area contributed by atoms with Crippen molar-refractivity contribution in [2.75, 3.05) is 65.5 Å². The molecule has 4 rings (SSSR count). The van der Waals surface area contributed by atoms with Crippen LogP contribution in [0.2, 0.25) is 10.0 Å². The summed E-state index contributed by atoms with van der Waals surface area (Å²) >= 11 is 12.4. The monoisotopic (exact) mass is 529 g/mol. The molecule has 36 heavy (non-hydrogen) atoms. The van der Waals surface area contributed by atoms with E-state index in [4.69, 9.17) is 37.4 Å². The highest BCUT2D eigenvalue weighted by atomic mass is 35.5. The number of aromatic nitrogens is 1. The Balaban J connectivity index is 1.38. The van der Waals surface area contributed by atoms with Crippen molar-refractivity contribution in [3.8, 4) is 23.3 Å². The molecule has 0 saturated carbocycles. The maximum absolute atomic E-state index is 9.58. The van der Waals surface area contributed by atoms with Crippen LogP contribution in [-0.2, 0) is 0 Å². The number of fused-ring (bicyclic) bond motifs is 1. The summed E-state index contributed by atoms with van der Waals surface area (Å²) in [5.74, 6) is 1.67. The Morgan fingerprint density at radius 1 is 1.08 bits per heavy atom. The number of pyridine rings is 1. The number of nitrogens with one attached hydrogen (secondary N) is 1. The van der Waals surface area contributed by atoms with E-state index in [-0.39, 0.29) is 6.73 Å². The number of likely N-dealkylation sites (N-methyl/N-ethyl adjacent to an activating group) is 1. The summed E-state index contributed by atoms with van der Waals surface area (Å²) in [6.45, 7) is 6.17. The van der Waals surface area contributed by atoms with Crippen LogP contribution in [0.15, 0.2) is 36.5 Å². The van der Waals surface area contributed by atoms with Crippen LogP contribution in [0.1, 0.15) is 12.0 Å². The minimum absolute atomic E-state index is 0.0723. The lowest BCUT2D eigenvalue weighted by molar-refractivity contribution is 0.145. The van der Waals surface area contributed by atoms with Gasteiger partial charge in [-0.1, -0.05) is 23.2 Å². The van der Waals surface area contributed by atoms with Crippen LogP contribution in [0.25, 0.3) is 10.9 Å². The molecule has 1 N–H and O–H groups in total. The van der Waals surface area contributed by atoms with Crippen molar-refractivity contribution in [3.63, 3.8) is 0 Å². The van der Waals surface area contributed by atoms with Crippen LogP contribution in [0.4, 0.5) is 5.69 Å². The zero-order chi connectivity index (χ0) is 25.5. The quantitative estimate of drug-likeness (QED) is 0.293. The van der Waals surface area contributed by atoms with Crippen molar-refractivity contribution in [1.29, 1.82) is 5.26 Å². The van der Waals surface area contributed by atoms with Crippen LogP contribution in [-0.4, -0.2) is 75.0 Å². The van der Waals surface area contributed by atoms with E-state index >= 15 is 0 Å². The van der Waals surface area contributed by atoms with Crippen LogP contribution >= 0.6 is 23.2 Å². The minimum Gasteiger partial charge on any atom is -0.495 e. The van der Waals surface area contributed by atoms with Crippen LogP contribution < -0.4 is 19.5 Å². The smallest absolute Gasteiger partial charge is 0.159 e. The zero-order valence-electron chi connectivity index (χ0n) is 20.4. The SMILES string of the molecule is COc1cc(NCOc2c(C#N)cnc3cc(OCCCN4CCN(C)CC4)ccc23)c(Cl)cc1Cl. The number of hydrogen-bond acceptors (Lipinski definition) is 8. The molecule has 1 aliphatic heterocycles. The number of halogens is 2. The fraction of sp³-hybridized carbons (Fsp3) is 0.385. The van der Waals surface area contributed by atoms with E-state index in [1.807, 2.05) is 18.2 Å². The molecule has 1 fully saturated rings. The topological polar surface area (TPSA) is 82.9 Å². The van der Waals surface area contributed by atoms with E-state index in [1.165, 1.54) is 13.3 Å². The maximum atomic E-state index is 9.58. The Kier molecular flexibility index (Phi) is 8.94. The summed E-state index contributed by atoms with van der Waals surface area (Å²) in [7, 11) is 3.69. The Labute approximate surface area is 221 Å². The van der Waals surface area contributed by atoms with Gasteiger partial charge in [-0.2, -0.15) is 5.26 Å². The molecule has 0 radical (unpaired) electrons. The van der Waals surface area contributed by atoms with Crippen molar-refractivity contribution in [2.45, 2.75) is 6.42 Å². The molecule has 10 heteroatoms. The Hall–Kier alpha value is -2.96. The molecule has 0 bridgehead atoms. The first kappa shape index (κ1) is 26.1. The second-order valence-corrected chi connectivity index (χ2v) is 9.39. The average molecular weight is 530 g/mol. The third-order valence-corrected chi connectivity index (χ3v) is 6.72. The van der Waals surface area contributed by atoms with E-state index < -0.39 is 0 Å². The Bertz CT molecular complexity index is 1240. The fourth-order valence-electron chi connectivity index (χ4n) is 4.03. The van der Waals surface area contributed by atoms with Gasteiger partial charge in [0.2, 0.25) is 0 Å². The summed E-state index contributed by atoms with van der Waals surface area (Å²) in [5.41, 5.74) is 1.62. The lowest BCUT2D eigenvalue weighted by Crippen LogP contribution is -2.44. The van der Waals surface area contributed by atoms with Gasteiger partial charge in [-0.05, 0) is 31.7 Å². The first-order valence-corrected chi connectivity index (χ1v) is 12.5. The third-order valence-electron chi connectivity index (χ3n) is 6.12. The molecule has 2 heterocycles. The zero-order valence-corrected chi connectivity index (χ0v) is 21.9. The highest BCUT2D eigenvalue weighted by molar-refractivity contribution is 6.37. The molecular weight excluding hydrogens is 501 g/mol. The first-order chi connectivity index (χ1) is 17.5. The molecule has 190 valence electrons. The predicted octanol–water partition coefficient (Wildman–Crippen LogP) is 4.89. The Morgan fingerprint density at radius 3 is 2.64 bits per heavy atom. The van der Waals surface area contributed by atoms with Gasteiger partial charge in [0.1, 0.15) is 23.1 Å². The van der Waals surface area contributed by atoms with Gasteiger partial charge in [-0.3, -0.25) is 4.98 Å². The molecule has 0 atom stereocenters. The van der Waals surface area contributed by atoms with E-state index in [2.05, 4.69) is 33.2 Å². The van der Waals surface area contributed by atoms with Crippen molar-refractivity contribution in [3.05, 3.63) is 52.1 Å². The number of benzene rings is 2. The van der Waals surface area contributed by atoms with Crippen LogP contribution in [0, 0.1) is 11.3 Å². The van der Waals surface area contributed by atoms with Crippen LogP contribution in [0.3, 0.4) is 0 Å². The highest BCUT2D eigenvalue weighted by Gasteiger charge is 2.14. The van der Waals surface area contributed by atoms with Gasteiger partial charge in [0.05, 0.1) is 35.0 Å². The molecule has 0 unspecified atom stereocenters. The summed E-state index contributed by atoms with van der Waals surface area (Å²) in [6, 6.07) is 11.0. The van der Waals surface area contributed by atoms with Gasteiger partial charge < -0.3 is 29.3 Å². The number of piperazine rings is 1. The normalized spacial score (nSPS) is 14.4. The number of nitrogens with zero attached hydrogens (tertiary/aromatic N) is 4. The van der Waals surface area contributed by atoms with Gasteiger partial charge in [0.15, 0.2) is 12.5 Å². The van der Waals surface area contributed by atoms with E-state index in [9.17, 15) is 5.26 Å². The largest absolute Gasteiger partial charge is 0.495 e. The molecule has 8 nitrogen and oxygen atoms in total. The number of rotatable bonds is 10. The van der Waals surface area contributed by atoms with E-state index in [0.29, 0.717) is 44.9 Å². The predicted molar refractivity (Wildman–Crippen MR) is 143 cm³/mol. The van der Waals surface area contributed by atoms with E-state index in [0.717, 1.165) is 50.3 Å². The van der Waals surface area contributed by atoms with Crippen molar-refractivity contribution >= 4 is 39.8 Å².